The van der Waals surface area contributed by atoms with Crippen molar-refractivity contribution >= 4 is 17.6 Å². The molecule has 2 fully saturated rings. The van der Waals surface area contributed by atoms with Gasteiger partial charge in [0.2, 0.25) is 11.8 Å². The second-order valence-electron chi connectivity index (χ2n) is 7.79. The van der Waals surface area contributed by atoms with Crippen molar-refractivity contribution in [1.29, 1.82) is 0 Å². The largest absolute Gasteiger partial charge is 0.497 e. The normalized spacial score (nSPS) is 19.0. The number of methoxy groups -OCH3 is 1. The molecule has 1 unspecified atom stereocenters. The van der Waals surface area contributed by atoms with Gasteiger partial charge in [0, 0.05) is 31.4 Å². The number of hydrogen-bond acceptors (Lipinski definition) is 6. The fraction of sp³-hybridized carbons (Fsp3) is 0.455. The van der Waals surface area contributed by atoms with Crippen LogP contribution in [0.25, 0.3) is 0 Å². The van der Waals surface area contributed by atoms with Crippen LogP contribution < -0.4 is 14.4 Å². The van der Waals surface area contributed by atoms with Gasteiger partial charge in [-0.05, 0) is 50.1 Å². The maximum Gasteiger partial charge on any atom is 0.325 e. The lowest BCUT2D eigenvalue weighted by Crippen LogP contribution is -2.48. The van der Waals surface area contributed by atoms with Gasteiger partial charge < -0.3 is 19.3 Å². The maximum atomic E-state index is 12.9. The van der Waals surface area contributed by atoms with Gasteiger partial charge in [0.15, 0.2) is 0 Å². The van der Waals surface area contributed by atoms with E-state index in [0.717, 1.165) is 30.0 Å². The van der Waals surface area contributed by atoms with E-state index in [1.165, 1.54) is 0 Å². The quantitative estimate of drug-likeness (QED) is 0.704. The molecule has 2 aromatic rings. The van der Waals surface area contributed by atoms with Crippen LogP contribution in [-0.4, -0.2) is 77.9 Å². The molecule has 1 aromatic heterocycles. The van der Waals surface area contributed by atoms with Crippen LogP contribution >= 0.6 is 0 Å². The number of ether oxygens (including phenoxy) is 2. The van der Waals surface area contributed by atoms with Gasteiger partial charge in [-0.2, -0.15) is 5.10 Å². The highest BCUT2D eigenvalue weighted by atomic mass is 16.5. The van der Waals surface area contributed by atoms with Crippen molar-refractivity contribution in [3.8, 4) is 11.6 Å². The number of hydrogen-bond donors (Lipinski definition) is 0. The highest BCUT2D eigenvalue weighted by Crippen LogP contribution is 2.23. The van der Waals surface area contributed by atoms with E-state index in [1.807, 2.05) is 37.3 Å². The summed E-state index contributed by atoms with van der Waals surface area (Å²) >= 11 is 0. The number of urea groups is 1. The Morgan fingerprint density at radius 3 is 2.61 bits per heavy atom. The molecule has 0 N–H and O–H groups in total. The third-order valence-electron chi connectivity index (χ3n) is 5.60. The number of nitrogens with zero attached hydrogens (tertiary/aromatic N) is 5. The second kappa shape index (κ2) is 9.20. The van der Waals surface area contributed by atoms with E-state index in [1.54, 1.807) is 27.9 Å². The van der Waals surface area contributed by atoms with Crippen molar-refractivity contribution in [1.82, 2.24) is 20.0 Å². The number of aryl methyl sites for hydroxylation is 1. The molecule has 0 aliphatic carbocycles. The predicted octanol–water partition coefficient (Wildman–Crippen LogP) is 2.11. The third-order valence-corrected chi connectivity index (χ3v) is 5.60. The van der Waals surface area contributed by atoms with Crippen molar-refractivity contribution in [3.63, 3.8) is 0 Å². The molecular formula is C22H27N5O4. The van der Waals surface area contributed by atoms with Crippen LogP contribution in [0, 0.1) is 6.92 Å². The minimum absolute atomic E-state index is 0.0618. The lowest BCUT2D eigenvalue weighted by Gasteiger charge is -2.33. The van der Waals surface area contributed by atoms with Gasteiger partial charge in [0.1, 0.15) is 18.4 Å². The molecule has 164 valence electrons. The fourth-order valence-corrected chi connectivity index (χ4v) is 3.88. The number of anilines is 1. The van der Waals surface area contributed by atoms with Gasteiger partial charge in [0.05, 0.1) is 19.3 Å². The molecule has 0 radical (unpaired) electrons. The number of carbonyl (C=O) groups excluding carboxylic acids is 2. The molecule has 9 heteroatoms. The summed E-state index contributed by atoms with van der Waals surface area (Å²) in [5.41, 5.74) is 1.62. The first-order valence-electron chi connectivity index (χ1n) is 10.5. The summed E-state index contributed by atoms with van der Waals surface area (Å²) in [6.45, 7) is 4.16. The molecule has 9 nitrogen and oxygen atoms in total. The SMILES string of the molecule is COc1ccc(N2CCN(CC(=O)N3CCCC(Oc4ccc(C)nn4)C3)C2=O)cc1. The van der Waals surface area contributed by atoms with Gasteiger partial charge in [-0.25, -0.2) is 4.79 Å². The third kappa shape index (κ3) is 4.87. The first-order chi connectivity index (χ1) is 15.0. The molecule has 0 spiro atoms. The molecule has 2 aliphatic rings. The van der Waals surface area contributed by atoms with E-state index in [0.29, 0.717) is 32.1 Å². The van der Waals surface area contributed by atoms with Crippen LogP contribution in [0.2, 0.25) is 0 Å². The Morgan fingerprint density at radius 2 is 1.90 bits per heavy atom. The minimum atomic E-state index is -0.154. The van der Waals surface area contributed by atoms with E-state index in [9.17, 15) is 9.59 Å². The smallest absolute Gasteiger partial charge is 0.325 e. The van der Waals surface area contributed by atoms with Gasteiger partial charge >= 0.3 is 6.03 Å². The Morgan fingerprint density at radius 1 is 1.10 bits per heavy atom. The number of piperidine rings is 1. The van der Waals surface area contributed by atoms with Crippen LogP contribution in [-0.2, 0) is 4.79 Å². The zero-order valence-electron chi connectivity index (χ0n) is 17.9. The molecule has 3 heterocycles. The zero-order chi connectivity index (χ0) is 21.8. The highest BCUT2D eigenvalue weighted by Gasteiger charge is 2.33. The first-order valence-corrected chi connectivity index (χ1v) is 10.5. The van der Waals surface area contributed by atoms with Crippen molar-refractivity contribution < 1.29 is 19.1 Å². The molecular weight excluding hydrogens is 398 g/mol. The van der Waals surface area contributed by atoms with E-state index in [-0.39, 0.29) is 24.6 Å². The Hall–Kier alpha value is -3.36. The van der Waals surface area contributed by atoms with E-state index in [4.69, 9.17) is 9.47 Å². The van der Waals surface area contributed by atoms with Crippen LogP contribution in [0.3, 0.4) is 0 Å². The van der Waals surface area contributed by atoms with Crippen LogP contribution in [0.4, 0.5) is 10.5 Å². The van der Waals surface area contributed by atoms with Crippen molar-refractivity contribution in [2.75, 3.05) is 44.7 Å². The monoisotopic (exact) mass is 425 g/mol. The van der Waals surface area contributed by atoms with E-state index in [2.05, 4.69) is 10.2 Å². The number of likely N-dealkylation sites (tertiary alicyclic amines) is 1. The standard InChI is InChI=1S/C22H27N5O4/c1-16-5-10-20(24-23-16)31-19-4-3-11-25(14-19)21(28)15-26-12-13-27(22(26)29)17-6-8-18(30-2)9-7-17/h5-10,19H,3-4,11-15H2,1-2H3. The van der Waals surface area contributed by atoms with Crippen molar-refractivity contribution in [2.24, 2.45) is 0 Å². The highest BCUT2D eigenvalue weighted by molar-refractivity contribution is 5.96. The molecule has 1 aromatic carbocycles. The Bertz CT molecular complexity index is 919. The van der Waals surface area contributed by atoms with Gasteiger partial charge in [-0.15, -0.1) is 5.10 Å². The molecule has 0 bridgehead atoms. The number of benzene rings is 1. The lowest BCUT2D eigenvalue weighted by molar-refractivity contribution is -0.134. The summed E-state index contributed by atoms with van der Waals surface area (Å²) in [6.07, 6.45) is 1.58. The molecule has 3 amide bonds. The predicted molar refractivity (Wildman–Crippen MR) is 114 cm³/mol. The van der Waals surface area contributed by atoms with Gasteiger partial charge in [0.25, 0.3) is 0 Å². The maximum absolute atomic E-state index is 12.9. The summed E-state index contributed by atoms with van der Waals surface area (Å²) in [6, 6.07) is 10.8. The number of amides is 3. The Labute approximate surface area is 181 Å². The molecule has 2 saturated heterocycles. The summed E-state index contributed by atoms with van der Waals surface area (Å²) in [5, 5.41) is 8.05. The molecule has 31 heavy (non-hydrogen) atoms. The fourth-order valence-electron chi connectivity index (χ4n) is 3.88. The summed E-state index contributed by atoms with van der Waals surface area (Å²) in [7, 11) is 1.60. The number of rotatable bonds is 6. The first kappa shape index (κ1) is 20.9. The second-order valence-corrected chi connectivity index (χ2v) is 7.79. The molecule has 1 atom stereocenters. The zero-order valence-corrected chi connectivity index (χ0v) is 17.9. The lowest BCUT2D eigenvalue weighted by atomic mass is 10.1. The number of aromatic nitrogens is 2. The topological polar surface area (TPSA) is 88.1 Å². The van der Waals surface area contributed by atoms with Crippen molar-refractivity contribution in [2.45, 2.75) is 25.9 Å². The Balaban J connectivity index is 1.32. The van der Waals surface area contributed by atoms with E-state index >= 15 is 0 Å². The van der Waals surface area contributed by atoms with Gasteiger partial charge in [-0.1, -0.05) is 0 Å². The summed E-state index contributed by atoms with van der Waals surface area (Å²) < 4.78 is 11.1. The minimum Gasteiger partial charge on any atom is -0.497 e. The van der Waals surface area contributed by atoms with Crippen LogP contribution in [0.15, 0.2) is 36.4 Å². The van der Waals surface area contributed by atoms with Crippen molar-refractivity contribution in [3.05, 3.63) is 42.1 Å². The molecule has 0 saturated carbocycles. The van der Waals surface area contributed by atoms with Gasteiger partial charge in [-0.3, -0.25) is 9.69 Å². The molecule has 2 aliphatic heterocycles. The summed E-state index contributed by atoms with van der Waals surface area (Å²) in [4.78, 5) is 30.8. The average Bonchev–Trinajstić information content (AvgIpc) is 3.15. The molecule has 4 rings (SSSR count). The van der Waals surface area contributed by atoms with E-state index < -0.39 is 0 Å². The van der Waals surface area contributed by atoms with Crippen LogP contribution in [0.5, 0.6) is 11.6 Å². The Kier molecular flexibility index (Phi) is 6.20. The summed E-state index contributed by atoms with van der Waals surface area (Å²) in [5.74, 6) is 1.14. The number of carbonyl (C=O) groups is 2. The van der Waals surface area contributed by atoms with Crippen LogP contribution in [0.1, 0.15) is 18.5 Å². The average molecular weight is 425 g/mol.